The summed E-state index contributed by atoms with van der Waals surface area (Å²) in [5.41, 5.74) is 5.62. The molecule has 0 bridgehead atoms. The van der Waals surface area contributed by atoms with Crippen molar-refractivity contribution in [1.82, 2.24) is 4.98 Å². The van der Waals surface area contributed by atoms with Crippen molar-refractivity contribution >= 4 is 30.1 Å². The molecule has 0 aliphatic heterocycles. The van der Waals surface area contributed by atoms with Crippen LogP contribution < -0.4 is 10.0 Å². The van der Waals surface area contributed by atoms with Crippen molar-refractivity contribution < 1.29 is 9.05 Å². The molecule has 1 atom stereocenters. The second kappa shape index (κ2) is 5.05. The Labute approximate surface area is 92.6 Å². The third kappa shape index (κ3) is 3.52. The number of hydrogen-bond donors (Lipinski definition) is 1. The normalized spacial score (nSPS) is 14.8. The average Bonchev–Trinajstić information content (AvgIpc) is 2.08. The van der Waals surface area contributed by atoms with Crippen molar-refractivity contribution in [2.75, 3.05) is 6.61 Å². The number of nitrogens with two attached hydrogens (primary N) is 1. The van der Waals surface area contributed by atoms with Crippen molar-refractivity contribution in [3.8, 4) is 5.75 Å². The summed E-state index contributed by atoms with van der Waals surface area (Å²) in [6.07, 6.45) is 1.55. The number of nitrogens with zero attached hydrogens (tertiary/aromatic N) is 1. The van der Waals surface area contributed by atoms with Crippen LogP contribution in [0.1, 0.15) is 6.92 Å². The zero-order valence-electron chi connectivity index (χ0n) is 7.51. The van der Waals surface area contributed by atoms with Crippen LogP contribution in [0.25, 0.3) is 0 Å². The van der Waals surface area contributed by atoms with Gasteiger partial charge in [-0.25, -0.2) is 10.5 Å². The van der Waals surface area contributed by atoms with Crippen molar-refractivity contribution in [2.24, 2.45) is 5.50 Å². The molecule has 2 N–H and O–H groups in total. The lowest BCUT2D eigenvalue weighted by atomic mass is 10.5. The van der Waals surface area contributed by atoms with Crippen molar-refractivity contribution in [1.29, 1.82) is 0 Å². The van der Waals surface area contributed by atoms with Crippen LogP contribution in [0.2, 0.25) is 5.15 Å². The highest BCUT2D eigenvalue weighted by Crippen LogP contribution is 2.42. The summed E-state index contributed by atoms with van der Waals surface area (Å²) in [7, 11) is 0. The molecule has 0 saturated heterocycles. The van der Waals surface area contributed by atoms with Crippen molar-refractivity contribution in [2.45, 2.75) is 6.92 Å². The van der Waals surface area contributed by atoms with E-state index >= 15 is 0 Å². The van der Waals surface area contributed by atoms with Gasteiger partial charge in [0.1, 0.15) is 0 Å². The van der Waals surface area contributed by atoms with Crippen LogP contribution in [0, 0.1) is 0 Å². The molecule has 7 heteroatoms. The first kappa shape index (κ1) is 11.9. The van der Waals surface area contributed by atoms with Crippen LogP contribution in [0.15, 0.2) is 18.3 Å². The number of aromatic nitrogens is 1. The molecule has 1 aromatic heterocycles. The molecule has 4 nitrogen and oxygen atoms in total. The van der Waals surface area contributed by atoms with E-state index < -0.39 is 6.64 Å². The maximum Gasteiger partial charge on any atom is 0.310 e. The van der Waals surface area contributed by atoms with Gasteiger partial charge in [-0.1, -0.05) is 11.6 Å². The summed E-state index contributed by atoms with van der Waals surface area (Å²) < 4.78 is 10.3. The minimum Gasteiger partial charge on any atom is -0.430 e. The van der Waals surface area contributed by atoms with E-state index in [0.29, 0.717) is 12.4 Å². The topological polar surface area (TPSA) is 57.4 Å². The monoisotopic (exact) mass is 252 g/mol. The number of hydrogen-bond acceptors (Lipinski definition) is 4. The van der Waals surface area contributed by atoms with Gasteiger partial charge in [0, 0.05) is 6.20 Å². The Hall–Kier alpha value is -0.190. The lowest BCUT2D eigenvalue weighted by Crippen LogP contribution is -2.06. The smallest absolute Gasteiger partial charge is 0.310 e. The van der Waals surface area contributed by atoms with Crippen molar-refractivity contribution in [3.05, 3.63) is 23.5 Å². The lowest BCUT2D eigenvalue weighted by molar-refractivity contribution is 0.331. The fraction of sp³-hybridized carbons (Fsp3) is 0.286. The van der Waals surface area contributed by atoms with E-state index in [0.717, 1.165) is 0 Å². The minimum atomic E-state index is -2.73. The number of rotatable bonds is 4. The molecular weight excluding hydrogens is 243 g/mol. The molecule has 1 rings (SSSR count). The maximum absolute atomic E-state index is 5.75. The van der Waals surface area contributed by atoms with Gasteiger partial charge in [-0.2, -0.15) is 0 Å². The molecule has 0 aliphatic rings. The van der Waals surface area contributed by atoms with E-state index in [2.05, 4.69) is 4.98 Å². The highest BCUT2D eigenvalue weighted by molar-refractivity contribution is 8.09. The van der Waals surface area contributed by atoms with Gasteiger partial charge in [0.05, 0.1) is 6.61 Å². The van der Waals surface area contributed by atoms with Gasteiger partial charge in [0.2, 0.25) is 0 Å². The Kier molecular flexibility index (Phi) is 4.29. The molecule has 0 amide bonds. The fourth-order valence-electron chi connectivity index (χ4n) is 0.783. The van der Waals surface area contributed by atoms with E-state index in [-0.39, 0.29) is 5.15 Å². The van der Waals surface area contributed by atoms with E-state index in [9.17, 15) is 0 Å². The predicted molar refractivity (Wildman–Crippen MR) is 60.0 cm³/mol. The standard InChI is InChI=1S/C7H10ClN2O2PS/c1-2-11-13(9,14)12-6-4-3-5-10-7(6)8/h3-5H,2H2,1H3,(H2,9,14). The molecule has 78 valence electrons. The number of pyridine rings is 1. The van der Waals surface area contributed by atoms with Gasteiger partial charge in [-0.3, -0.25) is 0 Å². The predicted octanol–water partition coefficient (Wildman–Crippen LogP) is 2.33. The molecule has 0 fully saturated rings. The molecule has 1 unspecified atom stereocenters. The lowest BCUT2D eigenvalue weighted by Gasteiger charge is -2.17. The first-order valence-electron chi connectivity index (χ1n) is 3.88. The summed E-state index contributed by atoms with van der Waals surface area (Å²) in [5, 5.41) is 0.229. The molecule has 0 radical (unpaired) electrons. The van der Waals surface area contributed by atoms with Crippen molar-refractivity contribution in [3.63, 3.8) is 0 Å². The van der Waals surface area contributed by atoms with E-state index in [4.69, 9.17) is 38.0 Å². The van der Waals surface area contributed by atoms with Crippen LogP contribution in [0.3, 0.4) is 0 Å². The Balaban J connectivity index is 2.78. The molecule has 14 heavy (non-hydrogen) atoms. The second-order valence-electron chi connectivity index (χ2n) is 2.34. The van der Waals surface area contributed by atoms with Gasteiger partial charge in [-0.05, 0) is 30.9 Å². The fourth-order valence-corrected chi connectivity index (χ4v) is 2.39. The number of halogens is 1. The maximum atomic E-state index is 5.75. The van der Waals surface area contributed by atoms with E-state index in [1.54, 1.807) is 25.3 Å². The van der Waals surface area contributed by atoms with Gasteiger partial charge < -0.3 is 9.05 Å². The molecule has 0 aliphatic carbocycles. The Bertz CT molecular complexity index is 363. The summed E-state index contributed by atoms with van der Waals surface area (Å²) in [6.45, 7) is -0.530. The van der Waals surface area contributed by atoms with Crippen LogP contribution >= 0.6 is 18.2 Å². The minimum absolute atomic E-state index is 0.229. The van der Waals surface area contributed by atoms with Crippen LogP contribution in [-0.4, -0.2) is 11.6 Å². The van der Waals surface area contributed by atoms with Gasteiger partial charge in [-0.15, -0.1) is 0 Å². The summed E-state index contributed by atoms with van der Waals surface area (Å²) >= 11 is 10.7. The van der Waals surface area contributed by atoms with Gasteiger partial charge in [0.25, 0.3) is 0 Å². The van der Waals surface area contributed by atoms with Crippen LogP contribution in [-0.2, 0) is 16.3 Å². The average molecular weight is 253 g/mol. The van der Waals surface area contributed by atoms with Crippen LogP contribution in [0.5, 0.6) is 5.75 Å². The zero-order chi connectivity index (χ0) is 10.6. The molecule has 0 aromatic carbocycles. The molecular formula is C7H10ClN2O2PS. The van der Waals surface area contributed by atoms with E-state index in [1.807, 2.05) is 0 Å². The van der Waals surface area contributed by atoms with Gasteiger partial charge in [0.15, 0.2) is 10.9 Å². The molecule has 1 aromatic rings. The highest BCUT2D eigenvalue weighted by atomic mass is 35.5. The summed E-state index contributed by atoms with van der Waals surface area (Å²) in [6, 6.07) is 3.32. The Morgan fingerprint density at radius 1 is 1.71 bits per heavy atom. The zero-order valence-corrected chi connectivity index (χ0v) is 9.98. The summed E-state index contributed by atoms with van der Waals surface area (Å²) in [5.74, 6) is 0.355. The first-order valence-corrected chi connectivity index (χ1v) is 6.97. The van der Waals surface area contributed by atoms with E-state index in [1.165, 1.54) is 0 Å². The second-order valence-corrected chi connectivity index (χ2v) is 5.75. The third-order valence-electron chi connectivity index (χ3n) is 1.26. The molecule has 0 saturated carbocycles. The Morgan fingerprint density at radius 2 is 2.43 bits per heavy atom. The molecule has 1 heterocycles. The summed E-state index contributed by atoms with van der Waals surface area (Å²) in [4.78, 5) is 3.82. The van der Waals surface area contributed by atoms with Gasteiger partial charge >= 0.3 is 6.64 Å². The highest BCUT2D eigenvalue weighted by Gasteiger charge is 2.15. The Morgan fingerprint density at radius 3 is 3.00 bits per heavy atom. The quantitative estimate of drug-likeness (QED) is 0.658. The SMILES string of the molecule is CCOP(N)(=S)Oc1cccnc1Cl. The van der Waals surface area contributed by atoms with Crippen LogP contribution in [0.4, 0.5) is 0 Å². The largest absolute Gasteiger partial charge is 0.430 e. The first-order chi connectivity index (χ1) is 6.55. The third-order valence-corrected chi connectivity index (χ3v) is 3.15. The molecule has 0 spiro atoms.